The number of carbonyl (C=O) groups is 1. The van der Waals surface area contributed by atoms with Crippen LogP contribution in [0.3, 0.4) is 0 Å². The first kappa shape index (κ1) is 24.3. The molecule has 2 N–H and O–H groups in total. The van der Waals surface area contributed by atoms with E-state index in [0.29, 0.717) is 58.4 Å². The van der Waals surface area contributed by atoms with Gasteiger partial charge in [0.1, 0.15) is 22.8 Å². The Kier molecular flexibility index (Phi) is 7.70. The molecule has 0 spiro atoms. The van der Waals surface area contributed by atoms with Crippen molar-refractivity contribution in [3.8, 4) is 22.8 Å². The maximum absolute atomic E-state index is 12.6. The summed E-state index contributed by atoms with van der Waals surface area (Å²) in [6.45, 7) is 0.701. The van der Waals surface area contributed by atoms with Crippen molar-refractivity contribution < 1.29 is 28.9 Å². The van der Waals surface area contributed by atoms with Crippen LogP contribution >= 0.6 is 11.6 Å². The van der Waals surface area contributed by atoms with Gasteiger partial charge in [0.25, 0.3) is 0 Å². The van der Waals surface area contributed by atoms with Gasteiger partial charge in [0.15, 0.2) is 11.5 Å². The largest absolute Gasteiger partial charge is 0.493 e. The van der Waals surface area contributed by atoms with Gasteiger partial charge in [-0.25, -0.2) is 4.79 Å². The number of carboxylic acids is 1. The number of halogens is 1. The minimum Gasteiger partial charge on any atom is -0.493 e. The molecule has 7 nitrogen and oxygen atoms in total. The molecule has 0 bridgehead atoms. The fourth-order valence-electron chi connectivity index (χ4n) is 3.50. The van der Waals surface area contributed by atoms with Gasteiger partial charge in [-0.2, -0.15) is 0 Å². The molecule has 180 valence electrons. The first-order valence-corrected chi connectivity index (χ1v) is 11.4. The quantitative estimate of drug-likeness (QED) is 0.300. The van der Waals surface area contributed by atoms with Crippen LogP contribution < -0.4 is 14.9 Å². The summed E-state index contributed by atoms with van der Waals surface area (Å²) >= 11 is 6.20. The molecular weight excluding hydrogens is 472 g/mol. The van der Waals surface area contributed by atoms with Gasteiger partial charge in [0.05, 0.1) is 23.6 Å². The molecular formula is C27H23ClO7. The summed E-state index contributed by atoms with van der Waals surface area (Å²) in [5, 5.41) is 19.0. The van der Waals surface area contributed by atoms with Gasteiger partial charge in [0.2, 0.25) is 0 Å². The fraction of sp³-hybridized carbons (Fsp3) is 0.185. The molecule has 4 rings (SSSR count). The maximum atomic E-state index is 12.6. The van der Waals surface area contributed by atoms with E-state index in [1.807, 2.05) is 30.3 Å². The average molecular weight is 495 g/mol. The first-order chi connectivity index (χ1) is 16.9. The second-order valence-electron chi connectivity index (χ2n) is 7.87. The summed E-state index contributed by atoms with van der Waals surface area (Å²) in [5.74, 6) is 0.235. The van der Waals surface area contributed by atoms with E-state index in [0.717, 1.165) is 5.56 Å². The van der Waals surface area contributed by atoms with Gasteiger partial charge >= 0.3 is 5.97 Å². The zero-order valence-corrected chi connectivity index (χ0v) is 19.4. The molecule has 8 heteroatoms. The Morgan fingerprint density at radius 1 is 0.971 bits per heavy atom. The van der Waals surface area contributed by atoms with Gasteiger partial charge < -0.3 is 24.1 Å². The number of aliphatic hydroxyl groups is 1. The number of carboxylic acid groups (broad SMARTS) is 1. The Balaban J connectivity index is 1.30. The molecule has 1 heterocycles. The van der Waals surface area contributed by atoms with Crippen molar-refractivity contribution >= 4 is 28.5 Å². The molecule has 0 saturated carbocycles. The van der Waals surface area contributed by atoms with E-state index in [9.17, 15) is 14.7 Å². The number of rotatable bonds is 10. The fourth-order valence-corrected chi connectivity index (χ4v) is 3.76. The Hall–Kier alpha value is -3.81. The minimum absolute atomic E-state index is 0.0408. The molecule has 35 heavy (non-hydrogen) atoms. The number of hydrogen-bond donors (Lipinski definition) is 2. The number of benzene rings is 3. The topological polar surface area (TPSA) is 106 Å². The molecule has 4 aromatic rings. The molecule has 0 fully saturated rings. The molecule has 3 aromatic carbocycles. The summed E-state index contributed by atoms with van der Waals surface area (Å²) in [6.07, 6.45) is -0.960. The zero-order chi connectivity index (χ0) is 24.8. The second-order valence-corrected chi connectivity index (χ2v) is 8.28. The van der Waals surface area contributed by atoms with Crippen molar-refractivity contribution in [2.75, 3.05) is 13.2 Å². The summed E-state index contributed by atoms with van der Waals surface area (Å²) in [4.78, 5) is 23.4. The van der Waals surface area contributed by atoms with Gasteiger partial charge in [-0.05, 0) is 35.9 Å². The summed E-state index contributed by atoms with van der Waals surface area (Å²) in [6, 6.07) is 20.9. The standard InChI is InChI=1S/C27H23ClO7/c28-21-13-17(14-23(30)27(31)32)7-9-25(21)34-12-4-11-33-19-8-10-24-20(15-19)22(29)16-26(35-24)18-5-2-1-3-6-18/h1-3,5-10,13,15-16,23,30H,4,11-12,14H2,(H,31,32). The zero-order valence-electron chi connectivity index (χ0n) is 18.6. The lowest BCUT2D eigenvalue weighted by atomic mass is 10.1. The van der Waals surface area contributed by atoms with Crippen LogP contribution in [0.2, 0.25) is 5.02 Å². The third kappa shape index (κ3) is 6.20. The van der Waals surface area contributed by atoms with Crippen LogP contribution in [0, 0.1) is 0 Å². The van der Waals surface area contributed by atoms with Crippen LogP contribution in [0.4, 0.5) is 0 Å². The third-order valence-corrected chi connectivity index (χ3v) is 5.58. The molecule has 1 aromatic heterocycles. The lowest BCUT2D eigenvalue weighted by molar-refractivity contribution is -0.146. The third-order valence-electron chi connectivity index (χ3n) is 5.28. The maximum Gasteiger partial charge on any atom is 0.332 e. The SMILES string of the molecule is O=C(O)C(O)Cc1ccc(OCCCOc2ccc3oc(-c4ccccc4)cc(=O)c3c2)c(Cl)c1. The predicted octanol–water partition coefficient (Wildman–Crippen LogP) is 4.95. The highest BCUT2D eigenvalue weighted by atomic mass is 35.5. The molecule has 0 saturated heterocycles. The van der Waals surface area contributed by atoms with Crippen LogP contribution in [0.15, 0.2) is 82.0 Å². The lowest BCUT2D eigenvalue weighted by Crippen LogP contribution is -2.21. The van der Waals surface area contributed by atoms with Crippen molar-refractivity contribution in [1.29, 1.82) is 0 Å². The van der Waals surface area contributed by atoms with E-state index >= 15 is 0 Å². The van der Waals surface area contributed by atoms with Crippen LogP contribution in [-0.2, 0) is 11.2 Å². The van der Waals surface area contributed by atoms with E-state index in [4.69, 9.17) is 30.6 Å². The van der Waals surface area contributed by atoms with E-state index in [2.05, 4.69) is 0 Å². The molecule has 0 aliphatic heterocycles. The van der Waals surface area contributed by atoms with Crippen molar-refractivity contribution in [3.63, 3.8) is 0 Å². The predicted molar refractivity (Wildman–Crippen MR) is 132 cm³/mol. The van der Waals surface area contributed by atoms with Crippen LogP contribution in [-0.4, -0.2) is 35.5 Å². The Morgan fingerprint density at radius 2 is 1.74 bits per heavy atom. The van der Waals surface area contributed by atoms with E-state index < -0.39 is 12.1 Å². The molecule has 0 amide bonds. The molecule has 1 atom stereocenters. The van der Waals surface area contributed by atoms with Crippen molar-refractivity contribution in [1.82, 2.24) is 0 Å². The van der Waals surface area contributed by atoms with Gasteiger partial charge in [-0.1, -0.05) is 48.0 Å². The van der Waals surface area contributed by atoms with Crippen LogP contribution in [0.25, 0.3) is 22.3 Å². The molecule has 0 aliphatic rings. The number of aliphatic hydroxyl groups excluding tert-OH is 1. The monoisotopic (exact) mass is 494 g/mol. The van der Waals surface area contributed by atoms with Gasteiger partial charge in [-0.15, -0.1) is 0 Å². The second kappa shape index (κ2) is 11.1. The Bertz CT molecular complexity index is 1380. The highest BCUT2D eigenvalue weighted by Crippen LogP contribution is 2.27. The molecule has 1 unspecified atom stereocenters. The van der Waals surface area contributed by atoms with E-state index in [1.54, 1.807) is 36.4 Å². The molecule has 0 aliphatic carbocycles. The van der Waals surface area contributed by atoms with Crippen LogP contribution in [0.1, 0.15) is 12.0 Å². The Labute approximate surface area is 206 Å². The lowest BCUT2D eigenvalue weighted by Gasteiger charge is -2.11. The van der Waals surface area contributed by atoms with Gasteiger partial charge in [-0.3, -0.25) is 4.79 Å². The van der Waals surface area contributed by atoms with E-state index in [-0.39, 0.29) is 11.8 Å². The van der Waals surface area contributed by atoms with E-state index in [1.165, 1.54) is 6.07 Å². The minimum atomic E-state index is -1.48. The summed E-state index contributed by atoms with van der Waals surface area (Å²) in [5.41, 5.74) is 1.77. The average Bonchev–Trinajstić information content (AvgIpc) is 2.85. The summed E-state index contributed by atoms with van der Waals surface area (Å²) in [7, 11) is 0. The highest BCUT2D eigenvalue weighted by molar-refractivity contribution is 6.32. The van der Waals surface area contributed by atoms with Crippen LogP contribution in [0.5, 0.6) is 11.5 Å². The van der Waals surface area contributed by atoms with Crippen molar-refractivity contribution in [2.45, 2.75) is 18.9 Å². The summed E-state index contributed by atoms with van der Waals surface area (Å²) < 4.78 is 17.3. The Morgan fingerprint density at radius 3 is 2.49 bits per heavy atom. The number of hydrogen-bond acceptors (Lipinski definition) is 6. The number of aliphatic carboxylic acids is 1. The molecule has 0 radical (unpaired) electrons. The first-order valence-electron chi connectivity index (χ1n) is 11.0. The number of ether oxygens (including phenoxy) is 2. The van der Waals surface area contributed by atoms with Crippen molar-refractivity contribution in [3.05, 3.63) is 93.6 Å². The normalized spacial score (nSPS) is 11.8. The number of fused-ring (bicyclic) bond motifs is 1. The van der Waals surface area contributed by atoms with Gasteiger partial charge in [0, 0.05) is 24.5 Å². The van der Waals surface area contributed by atoms with Crippen molar-refractivity contribution in [2.24, 2.45) is 0 Å². The smallest absolute Gasteiger partial charge is 0.332 e. The highest BCUT2D eigenvalue weighted by Gasteiger charge is 2.15.